The van der Waals surface area contributed by atoms with Gasteiger partial charge < -0.3 is 10.1 Å². The summed E-state index contributed by atoms with van der Waals surface area (Å²) in [7, 11) is 1.81. The molecule has 168 valence electrons. The lowest BCUT2D eigenvalue weighted by Gasteiger charge is -2.30. The average molecular weight is 432 g/mol. The van der Waals surface area contributed by atoms with Crippen LogP contribution >= 0.6 is 11.8 Å². The fourth-order valence-corrected chi connectivity index (χ4v) is 3.52. The van der Waals surface area contributed by atoms with Crippen molar-refractivity contribution in [2.45, 2.75) is 65.2 Å². The Bertz CT molecular complexity index is 577. The van der Waals surface area contributed by atoms with Crippen LogP contribution in [0.15, 0.2) is 0 Å². The maximum Gasteiger partial charge on any atom is 0.242 e. The molecule has 1 fully saturated rings. The smallest absolute Gasteiger partial charge is 0.242 e. The summed E-state index contributed by atoms with van der Waals surface area (Å²) in [6.45, 7) is 13.6. The Morgan fingerprint density at radius 3 is 2.52 bits per heavy atom. The van der Waals surface area contributed by atoms with Gasteiger partial charge in [-0.25, -0.2) is 0 Å². The molecule has 1 rings (SSSR count). The zero-order chi connectivity index (χ0) is 22.2. The van der Waals surface area contributed by atoms with E-state index in [9.17, 15) is 14.4 Å². The second-order valence-electron chi connectivity index (χ2n) is 9.18. The lowest BCUT2D eigenvalue weighted by Crippen LogP contribution is -2.38. The van der Waals surface area contributed by atoms with E-state index in [1.165, 1.54) is 23.6 Å². The molecular weight excluding hydrogens is 394 g/mol. The van der Waals surface area contributed by atoms with E-state index in [1.807, 2.05) is 7.05 Å². The van der Waals surface area contributed by atoms with E-state index >= 15 is 0 Å². The van der Waals surface area contributed by atoms with Crippen molar-refractivity contribution in [2.75, 3.05) is 39.2 Å². The number of nitrogens with zero attached hydrogens (tertiary/aromatic N) is 2. The first-order chi connectivity index (χ1) is 13.3. The predicted molar refractivity (Wildman–Crippen MR) is 114 cm³/mol. The van der Waals surface area contributed by atoms with E-state index < -0.39 is 5.25 Å². The molecule has 1 heterocycles. The number of nitrogens with one attached hydrogen (secondary N) is 1. The summed E-state index contributed by atoms with van der Waals surface area (Å²) >= 11 is 1.39. The zero-order valence-electron chi connectivity index (χ0n) is 18.9. The molecule has 1 unspecified atom stereocenters. The molecule has 1 saturated heterocycles. The second kappa shape index (κ2) is 11.3. The standard InChI is InChI=1S/C20H37N3O5S/c1-15(24)21-9-10-23-17(25)12-16(18(23)26)29-14-22(7)28-11-8-20(5,6)27-13-19(2,3)4/h16H,8-14H2,1-7H3,(H,21,24). The maximum absolute atomic E-state index is 12.4. The third kappa shape index (κ3) is 10.4. The van der Waals surface area contributed by atoms with Gasteiger partial charge in [-0.05, 0) is 19.3 Å². The SMILES string of the molecule is CC(=O)NCCN1C(=O)CC(SCN(C)OCCC(C)(C)OCC(C)(C)C)C1=O. The Morgan fingerprint density at radius 2 is 1.93 bits per heavy atom. The average Bonchev–Trinajstić information content (AvgIpc) is 2.85. The molecule has 1 N–H and O–H groups in total. The van der Waals surface area contributed by atoms with Crippen molar-refractivity contribution in [1.82, 2.24) is 15.3 Å². The fourth-order valence-electron chi connectivity index (χ4n) is 2.53. The summed E-state index contributed by atoms with van der Waals surface area (Å²) in [4.78, 5) is 42.3. The van der Waals surface area contributed by atoms with Crippen LogP contribution in [-0.4, -0.2) is 77.8 Å². The van der Waals surface area contributed by atoms with Crippen molar-refractivity contribution >= 4 is 29.5 Å². The molecular formula is C20H37N3O5S. The van der Waals surface area contributed by atoms with Crippen molar-refractivity contribution in [3.05, 3.63) is 0 Å². The van der Waals surface area contributed by atoms with Gasteiger partial charge in [0.05, 0.1) is 29.9 Å². The van der Waals surface area contributed by atoms with Crippen LogP contribution in [0, 0.1) is 5.41 Å². The largest absolute Gasteiger partial charge is 0.375 e. The van der Waals surface area contributed by atoms with Crippen LogP contribution in [0.2, 0.25) is 0 Å². The minimum atomic E-state index is -0.405. The molecule has 0 spiro atoms. The highest BCUT2D eigenvalue weighted by Crippen LogP contribution is 2.26. The number of ether oxygens (including phenoxy) is 1. The van der Waals surface area contributed by atoms with Crippen LogP contribution < -0.4 is 5.32 Å². The number of imide groups is 1. The highest BCUT2D eigenvalue weighted by molar-refractivity contribution is 8.00. The minimum absolute atomic E-state index is 0.118. The van der Waals surface area contributed by atoms with Crippen LogP contribution in [0.1, 0.15) is 54.4 Å². The summed E-state index contributed by atoms with van der Waals surface area (Å²) in [5.74, 6) is -0.0950. The van der Waals surface area contributed by atoms with Crippen LogP contribution in [0.3, 0.4) is 0 Å². The van der Waals surface area contributed by atoms with Crippen LogP contribution in [0.25, 0.3) is 0 Å². The van der Waals surface area contributed by atoms with Gasteiger partial charge in [0.2, 0.25) is 17.7 Å². The number of amides is 3. The van der Waals surface area contributed by atoms with Crippen molar-refractivity contribution in [1.29, 1.82) is 0 Å². The van der Waals surface area contributed by atoms with Gasteiger partial charge >= 0.3 is 0 Å². The summed E-state index contributed by atoms with van der Waals surface area (Å²) in [6.07, 6.45) is 0.931. The number of carbonyl (C=O) groups is 3. The van der Waals surface area contributed by atoms with Gasteiger partial charge in [-0.3, -0.25) is 24.1 Å². The Labute approximate surface area is 179 Å². The van der Waals surface area contributed by atoms with Crippen molar-refractivity contribution in [2.24, 2.45) is 5.41 Å². The molecule has 0 radical (unpaired) electrons. The number of carbonyl (C=O) groups excluding carboxylic acids is 3. The van der Waals surface area contributed by atoms with Gasteiger partial charge in [-0.15, -0.1) is 11.8 Å². The Balaban J connectivity index is 2.30. The predicted octanol–water partition coefficient (Wildman–Crippen LogP) is 2.04. The van der Waals surface area contributed by atoms with Crippen LogP contribution in [0.4, 0.5) is 0 Å². The molecule has 29 heavy (non-hydrogen) atoms. The molecule has 3 amide bonds. The molecule has 9 heteroatoms. The molecule has 1 aliphatic rings. The highest BCUT2D eigenvalue weighted by atomic mass is 32.2. The van der Waals surface area contributed by atoms with E-state index in [0.717, 1.165) is 6.42 Å². The Morgan fingerprint density at radius 1 is 1.28 bits per heavy atom. The first-order valence-electron chi connectivity index (χ1n) is 9.99. The fraction of sp³-hybridized carbons (Fsp3) is 0.850. The number of hydrogen-bond acceptors (Lipinski definition) is 7. The first kappa shape index (κ1) is 25.9. The highest BCUT2D eigenvalue weighted by Gasteiger charge is 2.38. The third-order valence-corrected chi connectivity index (χ3v) is 5.56. The normalized spacial score (nSPS) is 18.1. The number of hydroxylamine groups is 2. The molecule has 0 aromatic rings. The molecule has 0 aromatic carbocycles. The van der Waals surface area contributed by atoms with Gasteiger partial charge in [0.25, 0.3) is 0 Å². The number of likely N-dealkylation sites (tertiary alicyclic amines) is 1. The van der Waals surface area contributed by atoms with Crippen molar-refractivity contribution in [3.63, 3.8) is 0 Å². The van der Waals surface area contributed by atoms with E-state index in [0.29, 0.717) is 19.1 Å². The minimum Gasteiger partial charge on any atom is -0.375 e. The first-order valence-corrected chi connectivity index (χ1v) is 11.0. The lowest BCUT2D eigenvalue weighted by molar-refractivity contribution is -0.146. The van der Waals surface area contributed by atoms with Gasteiger partial charge in [-0.2, -0.15) is 5.06 Å². The summed E-state index contributed by atoms with van der Waals surface area (Å²) in [5, 5.41) is 3.88. The van der Waals surface area contributed by atoms with Gasteiger partial charge in [-0.1, -0.05) is 20.8 Å². The number of thioether (sulfide) groups is 1. The second-order valence-corrected chi connectivity index (χ2v) is 10.3. The van der Waals surface area contributed by atoms with E-state index in [2.05, 4.69) is 39.9 Å². The van der Waals surface area contributed by atoms with E-state index in [-0.39, 0.29) is 48.2 Å². The molecule has 0 saturated carbocycles. The number of rotatable bonds is 12. The quantitative estimate of drug-likeness (QED) is 0.287. The topological polar surface area (TPSA) is 88.2 Å². The summed E-state index contributed by atoms with van der Waals surface area (Å²) < 4.78 is 5.98. The van der Waals surface area contributed by atoms with E-state index in [4.69, 9.17) is 9.57 Å². The molecule has 0 bridgehead atoms. The van der Waals surface area contributed by atoms with E-state index in [1.54, 1.807) is 5.06 Å². The third-order valence-electron chi connectivity index (χ3n) is 4.28. The molecule has 0 aliphatic carbocycles. The number of hydrogen-bond donors (Lipinski definition) is 1. The van der Waals surface area contributed by atoms with Crippen molar-refractivity contribution in [3.8, 4) is 0 Å². The Kier molecular flexibility index (Phi) is 10.1. The maximum atomic E-state index is 12.4. The van der Waals surface area contributed by atoms with Crippen LogP contribution in [-0.2, 0) is 24.0 Å². The van der Waals surface area contributed by atoms with Gasteiger partial charge in [0.15, 0.2) is 0 Å². The molecule has 1 atom stereocenters. The summed E-state index contributed by atoms with van der Waals surface area (Å²) in [5.41, 5.74) is -0.156. The van der Waals surface area contributed by atoms with Gasteiger partial charge in [0.1, 0.15) is 0 Å². The summed E-state index contributed by atoms with van der Waals surface area (Å²) in [6, 6.07) is 0. The Hall–Kier alpha value is -1.16. The zero-order valence-corrected chi connectivity index (χ0v) is 19.7. The molecule has 1 aliphatic heterocycles. The molecule has 8 nitrogen and oxygen atoms in total. The lowest BCUT2D eigenvalue weighted by atomic mass is 9.97. The van der Waals surface area contributed by atoms with Crippen LogP contribution in [0.5, 0.6) is 0 Å². The van der Waals surface area contributed by atoms with Gasteiger partial charge in [0, 0.05) is 39.9 Å². The monoisotopic (exact) mass is 431 g/mol. The van der Waals surface area contributed by atoms with Crippen molar-refractivity contribution < 1.29 is 24.0 Å². The molecule has 0 aromatic heterocycles.